The minimum absolute atomic E-state index is 0.174. The molecular formula is C15H21Cl2N. The van der Waals surface area contributed by atoms with Crippen LogP contribution in [0.4, 0.5) is 0 Å². The van der Waals surface area contributed by atoms with E-state index in [1.807, 2.05) is 18.2 Å². The highest BCUT2D eigenvalue weighted by Gasteiger charge is 2.38. The van der Waals surface area contributed by atoms with E-state index in [9.17, 15) is 0 Å². The standard InChI is InChI=1S/C15H21Cl2N/c1-10-5-4-8-15(18,11(10)2)9-12-13(16)6-3-7-14(12)17/h3,6-7,10-11H,4-5,8-9,18H2,1-2H3. The largest absolute Gasteiger partial charge is 0.325 e. The third-order valence-electron chi connectivity index (χ3n) is 4.63. The molecule has 2 N–H and O–H groups in total. The zero-order valence-corrected chi connectivity index (χ0v) is 12.6. The minimum Gasteiger partial charge on any atom is -0.325 e. The Bertz CT molecular complexity index is 412. The maximum Gasteiger partial charge on any atom is 0.0453 e. The SMILES string of the molecule is CC1CCCC(N)(Cc2c(Cl)cccc2Cl)C1C. The topological polar surface area (TPSA) is 26.0 Å². The van der Waals surface area contributed by atoms with E-state index in [2.05, 4.69) is 13.8 Å². The van der Waals surface area contributed by atoms with E-state index in [-0.39, 0.29) is 5.54 Å². The maximum absolute atomic E-state index is 6.65. The van der Waals surface area contributed by atoms with Gasteiger partial charge in [-0.1, -0.05) is 56.0 Å². The predicted molar refractivity (Wildman–Crippen MR) is 79.3 cm³/mol. The molecule has 1 aliphatic rings. The van der Waals surface area contributed by atoms with Crippen LogP contribution in [0.1, 0.15) is 38.7 Å². The lowest BCUT2D eigenvalue weighted by Gasteiger charge is -2.43. The first-order chi connectivity index (χ1) is 8.44. The highest BCUT2D eigenvalue weighted by atomic mass is 35.5. The molecule has 0 aliphatic heterocycles. The summed E-state index contributed by atoms with van der Waals surface area (Å²) in [7, 11) is 0. The van der Waals surface area contributed by atoms with E-state index in [0.29, 0.717) is 11.8 Å². The number of nitrogens with two attached hydrogens (primary N) is 1. The second-order valence-electron chi connectivity index (χ2n) is 5.77. The predicted octanol–water partition coefficient (Wildman–Crippen LogP) is 4.69. The first-order valence-corrected chi connectivity index (χ1v) is 7.41. The highest BCUT2D eigenvalue weighted by Crippen LogP contribution is 2.40. The van der Waals surface area contributed by atoms with Crippen LogP contribution in [0, 0.1) is 11.8 Å². The van der Waals surface area contributed by atoms with Crippen LogP contribution in [0.3, 0.4) is 0 Å². The van der Waals surface area contributed by atoms with Crippen LogP contribution >= 0.6 is 23.2 Å². The third kappa shape index (κ3) is 2.68. The Kier molecular flexibility index (Phi) is 4.25. The molecule has 1 nitrogen and oxygen atoms in total. The van der Waals surface area contributed by atoms with Crippen molar-refractivity contribution in [2.24, 2.45) is 17.6 Å². The van der Waals surface area contributed by atoms with Crippen LogP contribution in [-0.2, 0) is 6.42 Å². The Hall–Kier alpha value is -0.240. The van der Waals surface area contributed by atoms with Gasteiger partial charge in [0, 0.05) is 15.6 Å². The average molecular weight is 286 g/mol. The molecule has 0 amide bonds. The quantitative estimate of drug-likeness (QED) is 0.838. The number of hydrogen-bond acceptors (Lipinski definition) is 1. The molecule has 0 radical (unpaired) electrons. The fraction of sp³-hybridized carbons (Fsp3) is 0.600. The molecule has 0 aromatic heterocycles. The van der Waals surface area contributed by atoms with Gasteiger partial charge in [-0.05, 0) is 42.4 Å². The van der Waals surface area contributed by atoms with Crippen LogP contribution in [0.2, 0.25) is 10.0 Å². The van der Waals surface area contributed by atoms with Gasteiger partial charge in [0.25, 0.3) is 0 Å². The number of benzene rings is 1. The zero-order chi connectivity index (χ0) is 13.3. The molecule has 0 spiro atoms. The van der Waals surface area contributed by atoms with E-state index in [4.69, 9.17) is 28.9 Å². The van der Waals surface area contributed by atoms with Crippen LogP contribution in [0.5, 0.6) is 0 Å². The Morgan fingerprint density at radius 3 is 2.50 bits per heavy atom. The van der Waals surface area contributed by atoms with Gasteiger partial charge in [0.1, 0.15) is 0 Å². The summed E-state index contributed by atoms with van der Waals surface area (Å²) in [6.45, 7) is 4.55. The van der Waals surface area contributed by atoms with Gasteiger partial charge in [0.15, 0.2) is 0 Å². The second-order valence-corrected chi connectivity index (χ2v) is 6.58. The summed E-state index contributed by atoms with van der Waals surface area (Å²) in [5, 5.41) is 1.47. The molecule has 3 unspecified atom stereocenters. The van der Waals surface area contributed by atoms with Crippen LogP contribution in [0.15, 0.2) is 18.2 Å². The summed E-state index contributed by atoms with van der Waals surface area (Å²) in [6.07, 6.45) is 4.30. The fourth-order valence-corrected chi connectivity index (χ4v) is 3.61. The van der Waals surface area contributed by atoms with Crippen molar-refractivity contribution in [3.8, 4) is 0 Å². The Balaban J connectivity index is 2.27. The van der Waals surface area contributed by atoms with Crippen molar-refractivity contribution >= 4 is 23.2 Å². The summed E-state index contributed by atoms with van der Waals surface area (Å²) in [5.74, 6) is 1.17. The van der Waals surface area contributed by atoms with E-state index in [1.165, 1.54) is 12.8 Å². The lowest BCUT2D eigenvalue weighted by Crippen LogP contribution is -2.52. The lowest BCUT2D eigenvalue weighted by atomic mass is 9.66. The number of halogens is 2. The monoisotopic (exact) mass is 285 g/mol. The molecule has 1 aromatic carbocycles. The lowest BCUT2D eigenvalue weighted by molar-refractivity contribution is 0.143. The third-order valence-corrected chi connectivity index (χ3v) is 5.34. The summed E-state index contributed by atoms with van der Waals surface area (Å²) in [6, 6.07) is 5.66. The Labute approximate surface area is 120 Å². The van der Waals surface area contributed by atoms with Gasteiger partial charge < -0.3 is 5.73 Å². The average Bonchev–Trinajstić information content (AvgIpc) is 2.31. The van der Waals surface area contributed by atoms with Crippen LogP contribution in [0.25, 0.3) is 0 Å². The number of hydrogen-bond donors (Lipinski definition) is 1. The number of rotatable bonds is 2. The summed E-state index contributed by atoms with van der Waals surface area (Å²) >= 11 is 12.5. The Morgan fingerprint density at radius 1 is 1.28 bits per heavy atom. The van der Waals surface area contributed by atoms with Crippen molar-refractivity contribution in [3.05, 3.63) is 33.8 Å². The van der Waals surface area contributed by atoms with Crippen LogP contribution in [-0.4, -0.2) is 5.54 Å². The first-order valence-electron chi connectivity index (χ1n) is 6.66. The van der Waals surface area contributed by atoms with Gasteiger partial charge in [0.05, 0.1) is 0 Å². The zero-order valence-electron chi connectivity index (χ0n) is 11.0. The molecule has 0 saturated heterocycles. The molecule has 3 heteroatoms. The second kappa shape index (κ2) is 5.40. The van der Waals surface area contributed by atoms with Crippen molar-refractivity contribution in [2.75, 3.05) is 0 Å². The van der Waals surface area contributed by atoms with Crippen LogP contribution < -0.4 is 5.73 Å². The van der Waals surface area contributed by atoms with Crippen molar-refractivity contribution in [1.29, 1.82) is 0 Å². The summed E-state index contributed by atoms with van der Waals surface area (Å²) in [4.78, 5) is 0. The smallest absolute Gasteiger partial charge is 0.0453 e. The molecular weight excluding hydrogens is 265 g/mol. The molecule has 0 heterocycles. The van der Waals surface area contributed by atoms with Gasteiger partial charge in [-0.15, -0.1) is 0 Å². The van der Waals surface area contributed by atoms with Crippen molar-refractivity contribution < 1.29 is 0 Å². The van der Waals surface area contributed by atoms with Gasteiger partial charge >= 0.3 is 0 Å². The molecule has 2 rings (SSSR count). The van der Waals surface area contributed by atoms with Gasteiger partial charge in [-0.25, -0.2) is 0 Å². The van der Waals surface area contributed by atoms with Gasteiger partial charge in [-0.2, -0.15) is 0 Å². The molecule has 100 valence electrons. The van der Waals surface area contributed by atoms with Gasteiger partial charge in [0.2, 0.25) is 0 Å². The first kappa shape index (κ1) is 14.2. The van der Waals surface area contributed by atoms with E-state index in [1.54, 1.807) is 0 Å². The van der Waals surface area contributed by atoms with E-state index >= 15 is 0 Å². The molecule has 18 heavy (non-hydrogen) atoms. The molecule has 1 fully saturated rings. The molecule has 1 aromatic rings. The molecule has 3 atom stereocenters. The van der Waals surface area contributed by atoms with Crippen molar-refractivity contribution in [1.82, 2.24) is 0 Å². The summed E-state index contributed by atoms with van der Waals surface area (Å²) in [5.41, 5.74) is 7.48. The molecule has 0 bridgehead atoms. The highest BCUT2D eigenvalue weighted by molar-refractivity contribution is 6.36. The molecule has 1 aliphatic carbocycles. The summed E-state index contributed by atoms with van der Waals surface area (Å²) < 4.78 is 0. The van der Waals surface area contributed by atoms with E-state index in [0.717, 1.165) is 28.5 Å². The maximum atomic E-state index is 6.65. The molecule has 1 saturated carbocycles. The normalized spacial score (nSPS) is 32.5. The van der Waals surface area contributed by atoms with Gasteiger partial charge in [-0.3, -0.25) is 0 Å². The Morgan fingerprint density at radius 2 is 1.89 bits per heavy atom. The fourth-order valence-electron chi connectivity index (χ4n) is 3.08. The minimum atomic E-state index is -0.174. The van der Waals surface area contributed by atoms with E-state index < -0.39 is 0 Å². The van der Waals surface area contributed by atoms with Crippen molar-refractivity contribution in [3.63, 3.8) is 0 Å². The van der Waals surface area contributed by atoms with Crippen molar-refractivity contribution in [2.45, 2.75) is 45.1 Å².